The number of carboxylic acids is 1. The van der Waals surface area contributed by atoms with E-state index < -0.39 is 29.6 Å². The van der Waals surface area contributed by atoms with Crippen LogP contribution in [-0.4, -0.2) is 61.9 Å². The van der Waals surface area contributed by atoms with Crippen molar-refractivity contribution in [3.8, 4) is 17.0 Å². The number of anilines is 1. The van der Waals surface area contributed by atoms with Gasteiger partial charge >= 0.3 is 12.1 Å². The minimum Gasteiger partial charge on any atom is -0.497 e. The molecule has 0 aliphatic carbocycles. The van der Waals surface area contributed by atoms with Crippen molar-refractivity contribution < 1.29 is 29.0 Å². The Bertz CT molecular complexity index is 1360. The highest BCUT2D eigenvalue weighted by Crippen LogP contribution is 2.35. The normalized spacial score (nSPS) is 15.3. The van der Waals surface area contributed by atoms with Crippen molar-refractivity contribution in [2.24, 2.45) is 0 Å². The van der Waals surface area contributed by atoms with Gasteiger partial charge in [0.05, 0.1) is 13.2 Å². The first kappa shape index (κ1) is 26.5. The maximum atomic E-state index is 12.8. The molecule has 1 atom stereocenters. The summed E-state index contributed by atoms with van der Waals surface area (Å²) in [6.07, 6.45) is 2.26. The highest BCUT2D eigenvalue weighted by atomic mass is 16.6. The number of nitrogens with one attached hydrogen (secondary N) is 1. The summed E-state index contributed by atoms with van der Waals surface area (Å²) in [6.45, 7) is 5.77. The summed E-state index contributed by atoms with van der Waals surface area (Å²) >= 11 is 0. The van der Waals surface area contributed by atoms with Gasteiger partial charge in [-0.05, 0) is 51.8 Å². The van der Waals surface area contributed by atoms with E-state index in [0.29, 0.717) is 42.1 Å². The molecule has 1 saturated heterocycles. The van der Waals surface area contributed by atoms with E-state index in [-0.39, 0.29) is 17.2 Å². The van der Waals surface area contributed by atoms with Crippen LogP contribution in [0.5, 0.6) is 5.75 Å². The zero-order valence-corrected chi connectivity index (χ0v) is 21.6. The third-order valence-corrected chi connectivity index (χ3v) is 5.95. The third kappa shape index (κ3) is 5.53. The fourth-order valence-corrected chi connectivity index (χ4v) is 4.24. The first-order valence-corrected chi connectivity index (χ1v) is 12.0. The van der Waals surface area contributed by atoms with E-state index in [1.807, 2.05) is 0 Å². The lowest BCUT2D eigenvalue weighted by atomic mass is 10.1. The zero-order valence-electron chi connectivity index (χ0n) is 21.6. The molecule has 4 rings (SSSR count). The summed E-state index contributed by atoms with van der Waals surface area (Å²) in [6, 6.07) is 8.99. The second kappa shape index (κ2) is 10.4. The fourth-order valence-electron chi connectivity index (χ4n) is 4.24. The van der Waals surface area contributed by atoms with Gasteiger partial charge in [0.1, 0.15) is 22.9 Å². The van der Waals surface area contributed by atoms with Crippen molar-refractivity contribution in [3.63, 3.8) is 0 Å². The van der Waals surface area contributed by atoms with Gasteiger partial charge in [0, 0.05) is 29.9 Å². The van der Waals surface area contributed by atoms with Crippen LogP contribution >= 0.6 is 0 Å². The molecule has 4 N–H and O–H groups in total. The maximum absolute atomic E-state index is 12.8. The number of imidazole rings is 1. The minimum atomic E-state index is -1.27. The Kier molecular flexibility index (Phi) is 7.24. The maximum Gasteiger partial charge on any atom is 0.410 e. The first-order chi connectivity index (χ1) is 18.0. The van der Waals surface area contributed by atoms with Crippen LogP contribution in [0.3, 0.4) is 0 Å². The number of aromatic nitrogens is 3. The molecular weight excluding hydrogens is 492 g/mol. The Labute approximate surface area is 219 Å². The van der Waals surface area contributed by atoms with Gasteiger partial charge in [0.15, 0.2) is 11.5 Å². The van der Waals surface area contributed by atoms with Crippen LogP contribution in [0.25, 0.3) is 11.3 Å². The van der Waals surface area contributed by atoms with Gasteiger partial charge in [0.2, 0.25) is 0 Å². The summed E-state index contributed by atoms with van der Waals surface area (Å²) in [5.41, 5.74) is -0.00212. The van der Waals surface area contributed by atoms with Crippen molar-refractivity contribution in [1.29, 1.82) is 0 Å². The summed E-state index contributed by atoms with van der Waals surface area (Å²) in [7, 11) is 1.51. The average molecular weight is 523 g/mol. The second-order valence-corrected chi connectivity index (χ2v) is 9.79. The number of amides is 2. The lowest BCUT2D eigenvalue weighted by Crippen LogP contribution is -2.37. The number of nitrogens with two attached hydrogens (primary N) is 1. The number of benzene rings is 1. The second-order valence-electron chi connectivity index (χ2n) is 9.79. The van der Waals surface area contributed by atoms with E-state index in [1.165, 1.54) is 18.2 Å². The predicted molar refractivity (Wildman–Crippen MR) is 138 cm³/mol. The molecule has 2 aromatic heterocycles. The molecule has 3 aromatic rings. The van der Waals surface area contributed by atoms with E-state index in [4.69, 9.17) is 15.3 Å². The molecule has 200 valence electrons. The number of carbonyl (C=O) groups excluding carboxylic acids is 2. The van der Waals surface area contributed by atoms with Crippen LogP contribution in [0.4, 0.5) is 10.6 Å². The van der Waals surface area contributed by atoms with Gasteiger partial charge in [-0.15, -0.1) is 0 Å². The van der Waals surface area contributed by atoms with Crippen molar-refractivity contribution in [1.82, 2.24) is 19.5 Å². The molecule has 0 radical (unpaired) electrons. The monoisotopic (exact) mass is 522 g/mol. The molecule has 2 amide bonds. The third-order valence-electron chi connectivity index (χ3n) is 5.95. The molecule has 1 aliphatic heterocycles. The van der Waals surface area contributed by atoms with Gasteiger partial charge in [0.25, 0.3) is 5.91 Å². The van der Waals surface area contributed by atoms with E-state index in [2.05, 4.69) is 15.3 Å². The molecule has 0 saturated carbocycles. The molecule has 1 aliphatic rings. The Balaban J connectivity index is 1.61. The smallest absolute Gasteiger partial charge is 0.410 e. The first-order valence-electron chi connectivity index (χ1n) is 12.0. The van der Waals surface area contributed by atoms with Crippen LogP contribution in [0.15, 0.2) is 42.6 Å². The van der Waals surface area contributed by atoms with E-state index in [0.717, 1.165) is 4.68 Å². The number of pyridine rings is 1. The van der Waals surface area contributed by atoms with Crippen LogP contribution in [0.2, 0.25) is 0 Å². The summed E-state index contributed by atoms with van der Waals surface area (Å²) in [4.78, 5) is 47.8. The Morgan fingerprint density at radius 3 is 2.50 bits per heavy atom. The van der Waals surface area contributed by atoms with Crippen LogP contribution in [-0.2, 0) is 4.74 Å². The van der Waals surface area contributed by atoms with E-state index in [9.17, 15) is 19.5 Å². The molecular formula is C26H30N6O6. The number of nitrogens with zero attached hydrogens (tertiary/aromatic N) is 4. The number of hydrogen-bond donors (Lipinski definition) is 3. The van der Waals surface area contributed by atoms with Gasteiger partial charge in [-0.3, -0.25) is 9.69 Å². The van der Waals surface area contributed by atoms with Gasteiger partial charge in [-0.2, -0.15) is 0 Å². The molecule has 38 heavy (non-hydrogen) atoms. The quantitative estimate of drug-likeness (QED) is 0.410. The average Bonchev–Trinajstić information content (AvgIpc) is 3.47. The predicted octanol–water partition coefficient (Wildman–Crippen LogP) is 3.69. The lowest BCUT2D eigenvalue weighted by molar-refractivity contribution is 0.0217. The van der Waals surface area contributed by atoms with E-state index >= 15 is 0 Å². The molecule has 3 heterocycles. The molecule has 1 aromatic carbocycles. The number of hydrogen-bond acceptors (Lipinski definition) is 8. The number of ether oxygens (including phenoxy) is 2. The number of likely N-dealkylation sites (tertiary alicyclic amines) is 1. The Morgan fingerprint density at radius 2 is 1.87 bits per heavy atom. The van der Waals surface area contributed by atoms with Gasteiger partial charge in [-0.25, -0.2) is 24.2 Å². The Morgan fingerprint density at radius 1 is 1.16 bits per heavy atom. The van der Waals surface area contributed by atoms with Crippen LogP contribution in [0, 0.1) is 0 Å². The summed E-state index contributed by atoms with van der Waals surface area (Å²) < 4.78 is 11.7. The van der Waals surface area contributed by atoms with E-state index in [1.54, 1.807) is 57.2 Å². The Hall–Kier alpha value is -4.61. The minimum absolute atomic E-state index is 0.132. The van der Waals surface area contributed by atoms with Crippen LogP contribution < -0.4 is 15.9 Å². The number of methoxy groups -OCH3 is 1. The molecule has 12 heteroatoms. The number of rotatable bonds is 6. The van der Waals surface area contributed by atoms with Gasteiger partial charge < -0.3 is 25.7 Å². The number of carboxylic acid groups (broad SMARTS) is 1. The molecule has 0 bridgehead atoms. The molecule has 1 fully saturated rings. The zero-order chi connectivity index (χ0) is 27.6. The largest absolute Gasteiger partial charge is 0.497 e. The van der Waals surface area contributed by atoms with Crippen molar-refractivity contribution in [2.45, 2.75) is 45.3 Å². The summed E-state index contributed by atoms with van der Waals surface area (Å²) in [5.74, 6) is 5.65. The SMILES string of the molecule is COc1ccnc(NC(=O)c2ccc(-c3nc(C4CCCN4C(=O)OC(C)(C)C)n(N)c3C(=O)O)cc2)c1. The topological polar surface area (TPSA) is 162 Å². The van der Waals surface area contributed by atoms with Crippen molar-refractivity contribution in [3.05, 3.63) is 59.7 Å². The standard InChI is InChI=1S/C26H30N6O6/c1-26(2,3)38-25(36)31-13-5-6-18(31)22-30-20(21(24(34)35)32(22)27)15-7-9-16(10-8-15)23(33)29-19-14-17(37-4)11-12-28-19/h7-12,14,18H,5-6,13,27H2,1-4H3,(H,34,35)(H,28,29,33). The van der Waals surface area contributed by atoms with Crippen molar-refractivity contribution >= 4 is 23.8 Å². The van der Waals surface area contributed by atoms with Crippen LogP contribution in [0.1, 0.15) is 66.3 Å². The number of aromatic carboxylic acids is 1. The molecule has 12 nitrogen and oxygen atoms in total. The highest BCUT2D eigenvalue weighted by Gasteiger charge is 2.37. The van der Waals surface area contributed by atoms with Gasteiger partial charge in [-0.1, -0.05) is 12.1 Å². The number of nitrogen functional groups attached to an aromatic ring is 1. The number of carbonyl (C=O) groups is 3. The summed E-state index contributed by atoms with van der Waals surface area (Å²) in [5, 5.41) is 12.6. The highest BCUT2D eigenvalue weighted by molar-refractivity contribution is 6.04. The fraction of sp³-hybridized carbons (Fsp3) is 0.346. The lowest BCUT2D eigenvalue weighted by Gasteiger charge is -2.28. The molecule has 1 unspecified atom stereocenters. The van der Waals surface area contributed by atoms with Crippen molar-refractivity contribution in [2.75, 3.05) is 24.8 Å². The molecule has 0 spiro atoms.